The lowest BCUT2D eigenvalue weighted by Gasteiger charge is -2.19. The molecule has 0 aromatic heterocycles. The van der Waals surface area contributed by atoms with E-state index in [4.69, 9.17) is 5.11 Å². The summed E-state index contributed by atoms with van der Waals surface area (Å²) in [5.41, 5.74) is 0.554. The van der Waals surface area contributed by atoms with Crippen LogP contribution in [0.5, 0.6) is 0 Å². The largest absolute Gasteiger partial charge is 0.478 e. The van der Waals surface area contributed by atoms with Crippen LogP contribution >= 0.6 is 24.8 Å². The van der Waals surface area contributed by atoms with E-state index in [2.05, 4.69) is 4.90 Å². The Hall–Kier alpha value is -0.250. The Kier molecular flexibility index (Phi) is 7.48. The molecule has 1 aliphatic rings. The normalized spacial score (nSPS) is 16.9. The van der Waals surface area contributed by atoms with Crippen LogP contribution in [0.4, 0.5) is 0 Å². The van der Waals surface area contributed by atoms with Gasteiger partial charge in [0.1, 0.15) is 0 Å². The van der Waals surface area contributed by atoms with E-state index in [1.54, 1.807) is 6.08 Å². The molecule has 1 heterocycles. The number of likely N-dealkylation sites (N-methyl/N-ethyl adjacent to an activating group) is 1. The highest BCUT2D eigenvalue weighted by Crippen LogP contribution is 2.08. The van der Waals surface area contributed by atoms with Crippen LogP contribution < -0.4 is 0 Å². The topological polar surface area (TPSA) is 40.5 Å². The molecule has 0 spiro atoms. The number of rotatable bonds is 1. The van der Waals surface area contributed by atoms with Crippen molar-refractivity contribution in [2.45, 2.75) is 6.42 Å². The summed E-state index contributed by atoms with van der Waals surface area (Å²) in [6.07, 6.45) is 2.44. The molecule has 0 aromatic carbocycles. The van der Waals surface area contributed by atoms with Gasteiger partial charge in [0.15, 0.2) is 0 Å². The second kappa shape index (κ2) is 6.29. The van der Waals surface area contributed by atoms with E-state index >= 15 is 0 Å². The lowest BCUT2D eigenvalue weighted by atomic mass is 10.1. The molecule has 72 valence electrons. The molecule has 0 aromatic rings. The summed E-state index contributed by atoms with van der Waals surface area (Å²) in [4.78, 5) is 12.5. The number of carboxylic acid groups (broad SMARTS) is 1. The molecule has 0 saturated heterocycles. The lowest BCUT2D eigenvalue weighted by molar-refractivity contribution is -0.132. The van der Waals surface area contributed by atoms with E-state index in [0.29, 0.717) is 12.0 Å². The standard InChI is InChI=1S/C7H11NO2.2ClH/c1-8-4-2-6(3-5-8)7(9)10;;/h2H,3-5H2,1H3,(H,9,10);2*1H. The van der Waals surface area contributed by atoms with E-state index in [1.165, 1.54) is 0 Å². The predicted octanol–water partition coefficient (Wildman–Crippen LogP) is 1.18. The Morgan fingerprint density at radius 2 is 2.17 bits per heavy atom. The molecule has 0 saturated carbocycles. The van der Waals surface area contributed by atoms with Crippen LogP contribution in [0.3, 0.4) is 0 Å². The minimum absolute atomic E-state index is 0. The molecular formula is C7H13Cl2NO2. The first-order chi connectivity index (χ1) is 4.70. The fourth-order valence-electron chi connectivity index (χ4n) is 0.965. The maximum atomic E-state index is 10.4. The Morgan fingerprint density at radius 1 is 1.58 bits per heavy atom. The minimum atomic E-state index is -0.770. The molecule has 0 aliphatic carbocycles. The van der Waals surface area contributed by atoms with Crippen molar-refractivity contribution < 1.29 is 9.90 Å². The number of nitrogens with zero attached hydrogens (tertiary/aromatic N) is 1. The van der Waals surface area contributed by atoms with Crippen molar-refractivity contribution in [3.63, 3.8) is 0 Å². The number of hydrogen-bond acceptors (Lipinski definition) is 2. The van der Waals surface area contributed by atoms with E-state index in [1.807, 2.05) is 7.05 Å². The van der Waals surface area contributed by atoms with Crippen molar-refractivity contribution in [3.05, 3.63) is 11.6 Å². The van der Waals surface area contributed by atoms with Crippen molar-refractivity contribution in [2.24, 2.45) is 0 Å². The number of carbonyl (C=O) groups is 1. The molecule has 1 N–H and O–H groups in total. The number of carboxylic acids is 1. The molecule has 12 heavy (non-hydrogen) atoms. The molecule has 1 rings (SSSR count). The van der Waals surface area contributed by atoms with Crippen LogP contribution in [0.25, 0.3) is 0 Å². The van der Waals surface area contributed by atoms with Gasteiger partial charge in [-0.2, -0.15) is 0 Å². The van der Waals surface area contributed by atoms with Crippen LogP contribution in [-0.4, -0.2) is 36.1 Å². The Balaban J connectivity index is 0. The molecule has 0 radical (unpaired) electrons. The van der Waals surface area contributed by atoms with Gasteiger partial charge >= 0.3 is 5.97 Å². The van der Waals surface area contributed by atoms with Crippen LogP contribution in [0.2, 0.25) is 0 Å². The molecule has 0 bridgehead atoms. The van der Waals surface area contributed by atoms with Crippen molar-refractivity contribution in [3.8, 4) is 0 Å². The molecule has 1 aliphatic heterocycles. The highest BCUT2D eigenvalue weighted by atomic mass is 35.5. The minimum Gasteiger partial charge on any atom is -0.478 e. The summed E-state index contributed by atoms with van der Waals surface area (Å²) in [6.45, 7) is 1.62. The maximum absolute atomic E-state index is 10.4. The van der Waals surface area contributed by atoms with Crippen molar-refractivity contribution in [1.29, 1.82) is 0 Å². The van der Waals surface area contributed by atoms with Gasteiger partial charge in [0.25, 0.3) is 0 Å². The molecule has 3 nitrogen and oxygen atoms in total. The lowest BCUT2D eigenvalue weighted by Crippen LogP contribution is -2.26. The fourth-order valence-corrected chi connectivity index (χ4v) is 0.965. The van der Waals surface area contributed by atoms with Gasteiger partial charge in [0, 0.05) is 18.7 Å². The molecule has 0 atom stereocenters. The van der Waals surface area contributed by atoms with E-state index in [9.17, 15) is 4.79 Å². The zero-order chi connectivity index (χ0) is 7.56. The average Bonchev–Trinajstić information content (AvgIpc) is 1.88. The van der Waals surface area contributed by atoms with E-state index < -0.39 is 5.97 Å². The number of aliphatic carboxylic acids is 1. The summed E-state index contributed by atoms with van der Waals surface area (Å²) < 4.78 is 0. The second-order valence-corrected chi connectivity index (χ2v) is 2.55. The fraction of sp³-hybridized carbons (Fsp3) is 0.571. The SMILES string of the molecule is CN1CC=C(C(=O)O)CC1.Cl.Cl. The van der Waals surface area contributed by atoms with Gasteiger partial charge in [-0.3, -0.25) is 0 Å². The highest BCUT2D eigenvalue weighted by Gasteiger charge is 2.12. The van der Waals surface area contributed by atoms with Gasteiger partial charge < -0.3 is 10.0 Å². The summed E-state index contributed by atoms with van der Waals surface area (Å²) in [5, 5.41) is 8.54. The summed E-state index contributed by atoms with van der Waals surface area (Å²) in [5.74, 6) is -0.770. The van der Waals surface area contributed by atoms with Crippen LogP contribution in [0.15, 0.2) is 11.6 Å². The quantitative estimate of drug-likeness (QED) is 0.712. The highest BCUT2D eigenvalue weighted by molar-refractivity contribution is 5.86. The second-order valence-electron chi connectivity index (χ2n) is 2.55. The van der Waals surface area contributed by atoms with Gasteiger partial charge in [-0.1, -0.05) is 6.08 Å². The van der Waals surface area contributed by atoms with Crippen LogP contribution in [0, 0.1) is 0 Å². The number of hydrogen-bond donors (Lipinski definition) is 1. The van der Waals surface area contributed by atoms with E-state index in [-0.39, 0.29) is 24.8 Å². The third kappa shape index (κ3) is 3.95. The molecule has 5 heteroatoms. The predicted molar refractivity (Wildman–Crippen MR) is 52.3 cm³/mol. The van der Waals surface area contributed by atoms with Crippen molar-refractivity contribution in [1.82, 2.24) is 4.90 Å². The average molecular weight is 214 g/mol. The summed E-state index contributed by atoms with van der Waals surface area (Å²) in [6, 6.07) is 0. The molecule has 0 fully saturated rings. The Bertz CT molecular complexity index is 182. The van der Waals surface area contributed by atoms with Crippen LogP contribution in [-0.2, 0) is 4.79 Å². The van der Waals surface area contributed by atoms with Gasteiger partial charge in [0.05, 0.1) is 0 Å². The van der Waals surface area contributed by atoms with Gasteiger partial charge in [0.2, 0.25) is 0 Å². The first-order valence-electron chi connectivity index (χ1n) is 3.31. The van der Waals surface area contributed by atoms with Crippen LogP contribution in [0.1, 0.15) is 6.42 Å². The Labute approximate surface area is 84.3 Å². The van der Waals surface area contributed by atoms with Gasteiger partial charge in [-0.05, 0) is 13.5 Å². The summed E-state index contributed by atoms with van der Waals surface area (Å²) in [7, 11) is 1.98. The smallest absolute Gasteiger partial charge is 0.331 e. The zero-order valence-corrected chi connectivity index (χ0v) is 8.45. The molecule has 0 amide bonds. The monoisotopic (exact) mass is 213 g/mol. The van der Waals surface area contributed by atoms with Gasteiger partial charge in [-0.15, -0.1) is 24.8 Å². The van der Waals surface area contributed by atoms with E-state index in [0.717, 1.165) is 13.1 Å². The third-order valence-electron chi connectivity index (χ3n) is 1.69. The Morgan fingerprint density at radius 3 is 2.50 bits per heavy atom. The molecular weight excluding hydrogens is 201 g/mol. The van der Waals surface area contributed by atoms with Crippen molar-refractivity contribution in [2.75, 3.05) is 20.1 Å². The first-order valence-corrected chi connectivity index (χ1v) is 3.31. The zero-order valence-electron chi connectivity index (χ0n) is 6.82. The maximum Gasteiger partial charge on any atom is 0.331 e. The summed E-state index contributed by atoms with van der Waals surface area (Å²) >= 11 is 0. The first kappa shape index (κ1) is 14.3. The third-order valence-corrected chi connectivity index (χ3v) is 1.69. The molecule has 0 unspecified atom stereocenters. The van der Waals surface area contributed by atoms with Gasteiger partial charge in [-0.25, -0.2) is 4.79 Å². The van der Waals surface area contributed by atoms with Crippen molar-refractivity contribution >= 4 is 30.8 Å². The number of halogens is 2.